The van der Waals surface area contributed by atoms with Gasteiger partial charge in [0, 0.05) is 21.2 Å². The Hall–Kier alpha value is -2.32. The fourth-order valence-corrected chi connectivity index (χ4v) is 5.39. The van der Waals surface area contributed by atoms with E-state index < -0.39 is 0 Å². The summed E-state index contributed by atoms with van der Waals surface area (Å²) >= 11 is 1.91. The van der Waals surface area contributed by atoms with Crippen molar-refractivity contribution in [3.63, 3.8) is 0 Å². The standard InChI is InChI=1S/C26H29NS/c1-25(2,3)19-13-7-8-15-21(19)27-22-16-10-12-18-17-11-9-14-20(26(4,5)6)23(17)28-24(18)22/h7-16,27H,1-6H3. The summed E-state index contributed by atoms with van der Waals surface area (Å²) in [5.41, 5.74) is 5.37. The zero-order chi connectivity index (χ0) is 20.1. The quantitative estimate of drug-likeness (QED) is 0.364. The van der Waals surface area contributed by atoms with E-state index in [0.717, 1.165) is 0 Å². The van der Waals surface area contributed by atoms with E-state index in [2.05, 4.69) is 108 Å². The minimum Gasteiger partial charge on any atom is -0.354 e. The van der Waals surface area contributed by atoms with Crippen molar-refractivity contribution in [2.75, 3.05) is 5.32 Å². The van der Waals surface area contributed by atoms with Gasteiger partial charge >= 0.3 is 0 Å². The predicted molar refractivity (Wildman–Crippen MR) is 126 cm³/mol. The highest BCUT2D eigenvalue weighted by atomic mass is 32.1. The zero-order valence-corrected chi connectivity index (χ0v) is 18.5. The third-order valence-electron chi connectivity index (χ3n) is 5.34. The highest BCUT2D eigenvalue weighted by Crippen LogP contribution is 2.43. The van der Waals surface area contributed by atoms with Crippen LogP contribution in [0.5, 0.6) is 0 Å². The zero-order valence-electron chi connectivity index (χ0n) is 17.7. The first kappa shape index (κ1) is 19.0. The van der Waals surface area contributed by atoms with Crippen molar-refractivity contribution in [1.82, 2.24) is 0 Å². The summed E-state index contributed by atoms with van der Waals surface area (Å²) in [6, 6.07) is 22.0. The maximum atomic E-state index is 3.75. The normalized spacial score (nSPS) is 12.6. The van der Waals surface area contributed by atoms with Gasteiger partial charge in [-0.05, 0) is 34.1 Å². The Bertz CT molecular complexity index is 1150. The van der Waals surface area contributed by atoms with Crippen LogP contribution in [0.2, 0.25) is 0 Å². The minimum atomic E-state index is 0.0943. The molecule has 4 aromatic rings. The summed E-state index contributed by atoms with van der Waals surface area (Å²) in [5.74, 6) is 0. The van der Waals surface area contributed by atoms with Gasteiger partial charge in [0.15, 0.2) is 0 Å². The molecule has 0 atom stereocenters. The van der Waals surface area contributed by atoms with Crippen molar-refractivity contribution in [1.29, 1.82) is 0 Å². The monoisotopic (exact) mass is 387 g/mol. The number of benzene rings is 3. The summed E-state index contributed by atoms with van der Waals surface area (Å²) in [4.78, 5) is 0. The number of rotatable bonds is 2. The molecular weight excluding hydrogens is 358 g/mol. The first-order valence-electron chi connectivity index (χ1n) is 9.97. The lowest BCUT2D eigenvalue weighted by atomic mass is 9.85. The van der Waals surface area contributed by atoms with Crippen molar-refractivity contribution in [2.24, 2.45) is 0 Å². The molecule has 0 aliphatic carbocycles. The average molecular weight is 388 g/mol. The average Bonchev–Trinajstić information content (AvgIpc) is 3.00. The van der Waals surface area contributed by atoms with Crippen molar-refractivity contribution in [3.05, 3.63) is 71.8 Å². The Labute approximate surface area is 172 Å². The highest BCUT2D eigenvalue weighted by Gasteiger charge is 2.21. The number of anilines is 2. The molecule has 2 heteroatoms. The molecule has 0 radical (unpaired) electrons. The maximum Gasteiger partial charge on any atom is 0.0590 e. The minimum absolute atomic E-state index is 0.0943. The number of hydrogen-bond donors (Lipinski definition) is 1. The molecule has 1 heterocycles. The lowest BCUT2D eigenvalue weighted by Gasteiger charge is -2.23. The summed E-state index contributed by atoms with van der Waals surface area (Å²) in [6.07, 6.45) is 0. The van der Waals surface area contributed by atoms with Crippen LogP contribution in [-0.4, -0.2) is 0 Å². The van der Waals surface area contributed by atoms with Crippen molar-refractivity contribution in [2.45, 2.75) is 52.4 Å². The van der Waals surface area contributed by atoms with Gasteiger partial charge < -0.3 is 5.32 Å². The molecule has 0 fully saturated rings. The molecule has 0 aliphatic heterocycles. The molecule has 0 aliphatic rings. The van der Waals surface area contributed by atoms with Crippen molar-refractivity contribution >= 4 is 42.9 Å². The van der Waals surface area contributed by atoms with E-state index in [9.17, 15) is 0 Å². The fraction of sp³-hybridized carbons (Fsp3) is 0.308. The van der Waals surface area contributed by atoms with Crippen LogP contribution < -0.4 is 5.32 Å². The summed E-state index contributed by atoms with van der Waals surface area (Å²) < 4.78 is 2.74. The van der Waals surface area contributed by atoms with Gasteiger partial charge in [-0.15, -0.1) is 11.3 Å². The molecule has 0 spiro atoms. The number of fused-ring (bicyclic) bond motifs is 3. The Morgan fingerprint density at radius 1 is 0.571 bits per heavy atom. The van der Waals surface area contributed by atoms with E-state index in [1.54, 1.807) is 0 Å². The lowest BCUT2D eigenvalue weighted by molar-refractivity contribution is 0.592. The van der Waals surface area contributed by atoms with Gasteiger partial charge in [-0.3, -0.25) is 0 Å². The molecule has 0 saturated carbocycles. The van der Waals surface area contributed by atoms with E-state index in [1.807, 2.05) is 11.3 Å². The van der Waals surface area contributed by atoms with Crippen LogP contribution in [0.15, 0.2) is 60.7 Å². The van der Waals surface area contributed by atoms with Crippen molar-refractivity contribution < 1.29 is 0 Å². The molecule has 28 heavy (non-hydrogen) atoms. The smallest absolute Gasteiger partial charge is 0.0590 e. The van der Waals surface area contributed by atoms with E-state index >= 15 is 0 Å². The molecule has 1 aromatic heterocycles. The van der Waals surface area contributed by atoms with Crippen LogP contribution in [0.25, 0.3) is 20.2 Å². The van der Waals surface area contributed by atoms with E-state index in [0.29, 0.717) is 0 Å². The lowest BCUT2D eigenvalue weighted by Crippen LogP contribution is -2.13. The Morgan fingerprint density at radius 2 is 1.11 bits per heavy atom. The highest BCUT2D eigenvalue weighted by molar-refractivity contribution is 7.26. The van der Waals surface area contributed by atoms with Crippen LogP contribution in [-0.2, 0) is 10.8 Å². The molecule has 1 nitrogen and oxygen atoms in total. The Balaban J connectivity index is 1.91. The van der Waals surface area contributed by atoms with Crippen LogP contribution in [0.1, 0.15) is 52.7 Å². The SMILES string of the molecule is CC(C)(C)c1ccccc1Nc1cccc2c1sc1c(C(C)(C)C)cccc12. The summed E-state index contributed by atoms with van der Waals surface area (Å²) in [7, 11) is 0. The predicted octanol–water partition coefficient (Wildman–Crippen LogP) is 8.39. The number of para-hydroxylation sites is 1. The molecular formula is C26H29NS. The van der Waals surface area contributed by atoms with E-state index in [4.69, 9.17) is 0 Å². The second-order valence-corrected chi connectivity index (χ2v) is 10.7. The molecule has 4 rings (SSSR count). The molecule has 0 amide bonds. The molecule has 0 bridgehead atoms. The van der Waals surface area contributed by atoms with Gasteiger partial charge in [0.25, 0.3) is 0 Å². The maximum absolute atomic E-state index is 3.75. The van der Waals surface area contributed by atoms with Gasteiger partial charge in [0.1, 0.15) is 0 Å². The number of hydrogen-bond acceptors (Lipinski definition) is 2. The van der Waals surface area contributed by atoms with Gasteiger partial charge in [0.05, 0.1) is 10.4 Å². The molecule has 144 valence electrons. The van der Waals surface area contributed by atoms with Crippen molar-refractivity contribution in [3.8, 4) is 0 Å². The first-order valence-corrected chi connectivity index (χ1v) is 10.8. The van der Waals surface area contributed by atoms with Crippen LogP contribution in [0.3, 0.4) is 0 Å². The van der Waals surface area contributed by atoms with Gasteiger partial charge in [-0.1, -0.05) is 90.1 Å². The van der Waals surface area contributed by atoms with Crippen LogP contribution in [0, 0.1) is 0 Å². The second kappa shape index (κ2) is 6.63. The van der Waals surface area contributed by atoms with E-state index in [-0.39, 0.29) is 10.8 Å². The number of thiophene rings is 1. The van der Waals surface area contributed by atoms with Crippen LogP contribution in [0.4, 0.5) is 11.4 Å². The molecule has 3 aromatic carbocycles. The van der Waals surface area contributed by atoms with Gasteiger partial charge in [-0.2, -0.15) is 0 Å². The first-order chi connectivity index (χ1) is 13.2. The number of nitrogens with one attached hydrogen (secondary N) is 1. The Morgan fingerprint density at radius 3 is 1.79 bits per heavy atom. The fourth-order valence-electron chi connectivity index (χ4n) is 3.90. The topological polar surface area (TPSA) is 12.0 Å². The van der Waals surface area contributed by atoms with E-state index in [1.165, 1.54) is 42.7 Å². The molecule has 0 saturated heterocycles. The van der Waals surface area contributed by atoms with Gasteiger partial charge in [0.2, 0.25) is 0 Å². The molecule has 1 N–H and O–H groups in total. The molecule has 0 unspecified atom stereocenters. The van der Waals surface area contributed by atoms with Gasteiger partial charge in [-0.25, -0.2) is 0 Å². The summed E-state index contributed by atoms with van der Waals surface area (Å²) in [6.45, 7) is 13.7. The third-order valence-corrected chi connectivity index (χ3v) is 6.62. The largest absolute Gasteiger partial charge is 0.354 e. The summed E-state index contributed by atoms with van der Waals surface area (Å²) in [5, 5.41) is 6.45. The second-order valence-electron chi connectivity index (χ2n) is 9.64. The third kappa shape index (κ3) is 3.31. The van der Waals surface area contributed by atoms with Crippen LogP contribution >= 0.6 is 11.3 Å². The Kier molecular flexibility index (Phi) is 4.50.